The van der Waals surface area contributed by atoms with Gasteiger partial charge in [-0.3, -0.25) is 0 Å². The van der Waals surface area contributed by atoms with Gasteiger partial charge in [-0.25, -0.2) is 0 Å². The van der Waals surface area contributed by atoms with E-state index in [1.807, 2.05) is 7.05 Å². The van der Waals surface area contributed by atoms with E-state index in [2.05, 4.69) is 35.3 Å². The minimum absolute atomic E-state index is 1.07. The maximum Gasteiger partial charge on any atom is 0.0402 e. The number of nitrogens with one attached hydrogen (secondary N) is 1. The van der Waals surface area contributed by atoms with Crippen LogP contribution in [0.5, 0.6) is 0 Å². The molecule has 0 saturated heterocycles. The Labute approximate surface area is 98.7 Å². The van der Waals surface area contributed by atoms with E-state index in [1.54, 1.807) is 5.56 Å². The smallest absolute Gasteiger partial charge is 0.0402 e. The summed E-state index contributed by atoms with van der Waals surface area (Å²) in [4.78, 5) is 2.53. The number of benzene rings is 1. The SMILES string of the molecule is CCCN1CCc2c(CCNC)cccc21. The minimum atomic E-state index is 1.07. The van der Waals surface area contributed by atoms with E-state index >= 15 is 0 Å². The molecule has 2 rings (SSSR count). The Hall–Kier alpha value is -1.02. The Bertz CT molecular complexity index is 347. The van der Waals surface area contributed by atoms with E-state index in [9.17, 15) is 0 Å². The third-order valence-electron chi connectivity index (χ3n) is 3.36. The van der Waals surface area contributed by atoms with Crippen LogP contribution in [0.15, 0.2) is 18.2 Å². The third-order valence-corrected chi connectivity index (χ3v) is 3.36. The van der Waals surface area contributed by atoms with E-state index in [1.165, 1.54) is 37.2 Å². The first-order valence-electron chi connectivity index (χ1n) is 6.37. The number of hydrogen-bond donors (Lipinski definition) is 1. The Balaban J connectivity index is 2.18. The van der Waals surface area contributed by atoms with E-state index in [0.717, 1.165) is 13.0 Å². The molecule has 0 radical (unpaired) electrons. The molecule has 0 saturated carbocycles. The largest absolute Gasteiger partial charge is 0.371 e. The van der Waals surface area contributed by atoms with Gasteiger partial charge in [0.2, 0.25) is 0 Å². The lowest BCUT2D eigenvalue weighted by molar-refractivity contribution is 0.783. The molecule has 0 aliphatic carbocycles. The molecule has 1 aromatic rings. The first-order chi connectivity index (χ1) is 7.86. The predicted molar refractivity (Wildman–Crippen MR) is 70.3 cm³/mol. The van der Waals surface area contributed by atoms with Gasteiger partial charge < -0.3 is 10.2 Å². The molecule has 16 heavy (non-hydrogen) atoms. The van der Waals surface area contributed by atoms with Crippen molar-refractivity contribution in [2.24, 2.45) is 0 Å². The van der Waals surface area contributed by atoms with Crippen LogP contribution in [-0.2, 0) is 12.8 Å². The van der Waals surface area contributed by atoms with Crippen LogP contribution in [0.25, 0.3) is 0 Å². The lowest BCUT2D eigenvalue weighted by Crippen LogP contribution is -2.20. The van der Waals surface area contributed by atoms with Crippen molar-refractivity contribution in [3.63, 3.8) is 0 Å². The summed E-state index contributed by atoms with van der Waals surface area (Å²) in [6, 6.07) is 6.77. The summed E-state index contributed by atoms with van der Waals surface area (Å²) in [5.41, 5.74) is 4.60. The van der Waals surface area contributed by atoms with Crippen molar-refractivity contribution in [1.29, 1.82) is 0 Å². The fourth-order valence-corrected chi connectivity index (χ4v) is 2.57. The van der Waals surface area contributed by atoms with Gasteiger partial charge >= 0.3 is 0 Å². The quantitative estimate of drug-likeness (QED) is 0.815. The minimum Gasteiger partial charge on any atom is -0.371 e. The van der Waals surface area contributed by atoms with Gasteiger partial charge in [0.1, 0.15) is 0 Å². The molecule has 1 aromatic carbocycles. The van der Waals surface area contributed by atoms with Crippen LogP contribution in [0.4, 0.5) is 5.69 Å². The highest BCUT2D eigenvalue weighted by atomic mass is 15.1. The second kappa shape index (κ2) is 5.35. The Morgan fingerprint density at radius 3 is 3.00 bits per heavy atom. The van der Waals surface area contributed by atoms with Crippen molar-refractivity contribution in [3.05, 3.63) is 29.3 Å². The van der Waals surface area contributed by atoms with Gasteiger partial charge in [-0.15, -0.1) is 0 Å². The van der Waals surface area contributed by atoms with Gasteiger partial charge in [-0.2, -0.15) is 0 Å². The van der Waals surface area contributed by atoms with Crippen LogP contribution < -0.4 is 10.2 Å². The summed E-state index contributed by atoms with van der Waals surface area (Å²) in [5.74, 6) is 0. The number of likely N-dealkylation sites (N-methyl/N-ethyl adjacent to an activating group) is 1. The van der Waals surface area contributed by atoms with E-state index in [0.29, 0.717) is 0 Å². The lowest BCUT2D eigenvalue weighted by atomic mass is 10.0. The molecule has 1 heterocycles. The number of fused-ring (bicyclic) bond motifs is 1. The topological polar surface area (TPSA) is 15.3 Å². The number of nitrogens with zero attached hydrogens (tertiary/aromatic N) is 1. The van der Waals surface area contributed by atoms with E-state index in [-0.39, 0.29) is 0 Å². The first kappa shape index (κ1) is 11.5. The van der Waals surface area contributed by atoms with Crippen LogP contribution in [0.1, 0.15) is 24.5 Å². The summed E-state index contributed by atoms with van der Waals surface area (Å²) < 4.78 is 0. The van der Waals surface area contributed by atoms with Crippen molar-refractivity contribution < 1.29 is 0 Å². The Morgan fingerprint density at radius 1 is 1.38 bits per heavy atom. The van der Waals surface area contributed by atoms with Crippen LogP contribution in [0, 0.1) is 0 Å². The van der Waals surface area contributed by atoms with Crippen LogP contribution >= 0.6 is 0 Å². The first-order valence-corrected chi connectivity index (χ1v) is 6.37. The molecule has 0 fully saturated rings. The highest BCUT2D eigenvalue weighted by Gasteiger charge is 2.20. The van der Waals surface area contributed by atoms with E-state index < -0.39 is 0 Å². The molecular weight excluding hydrogens is 196 g/mol. The molecule has 1 aliphatic rings. The van der Waals surface area contributed by atoms with Gasteiger partial charge in [-0.05, 0) is 50.0 Å². The zero-order valence-electron chi connectivity index (χ0n) is 10.4. The Kier molecular flexibility index (Phi) is 3.83. The van der Waals surface area contributed by atoms with E-state index in [4.69, 9.17) is 0 Å². The summed E-state index contributed by atoms with van der Waals surface area (Å²) >= 11 is 0. The molecule has 0 aromatic heterocycles. The number of hydrogen-bond acceptors (Lipinski definition) is 2. The zero-order chi connectivity index (χ0) is 11.4. The van der Waals surface area contributed by atoms with Crippen molar-refractivity contribution in [1.82, 2.24) is 5.32 Å². The summed E-state index contributed by atoms with van der Waals surface area (Å²) in [5, 5.41) is 3.23. The maximum absolute atomic E-state index is 3.23. The van der Waals surface area contributed by atoms with Crippen LogP contribution in [-0.4, -0.2) is 26.7 Å². The molecule has 1 aliphatic heterocycles. The molecule has 1 N–H and O–H groups in total. The molecule has 0 amide bonds. The monoisotopic (exact) mass is 218 g/mol. The molecule has 0 spiro atoms. The van der Waals surface area contributed by atoms with Crippen molar-refractivity contribution in [3.8, 4) is 0 Å². The van der Waals surface area contributed by atoms with Crippen molar-refractivity contribution in [2.75, 3.05) is 31.6 Å². The second-order valence-corrected chi connectivity index (χ2v) is 4.51. The molecule has 2 nitrogen and oxygen atoms in total. The summed E-state index contributed by atoms with van der Waals surface area (Å²) in [6.45, 7) is 5.73. The molecule has 0 unspecified atom stereocenters. The second-order valence-electron chi connectivity index (χ2n) is 4.51. The van der Waals surface area contributed by atoms with Crippen molar-refractivity contribution >= 4 is 5.69 Å². The fourth-order valence-electron chi connectivity index (χ4n) is 2.57. The number of rotatable bonds is 5. The van der Waals surface area contributed by atoms with Crippen molar-refractivity contribution in [2.45, 2.75) is 26.2 Å². The standard InChI is InChI=1S/C14H22N2/c1-3-10-16-11-8-13-12(7-9-15-2)5-4-6-14(13)16/h4-6,15H,3,7-11H2,1-2H3. The van der Waals surface area contributed by atoms with Crippen LogP contribution in [0.3, 0.4) is 0 Å². The van der Waals surface area contributed by atoms with Gasteiger partial charge in [0.15, 0.2) is 0 Å². The maximum atomic E-state index is 3.23. The highest BCUT2D eigenvalue weighted by molar-refractivity contribution is 5.60. The van der Waals surface area contributed by atoms with Gasteiger partial charge in [0.05, 0.1) is 0 Å². The zero-order valence-corrected chi connectivity index (χ0v) is 10.4. The number of anilines is 1. The molecule has 88 valence electrons. The van der Waals surface area contributed by atoms with Gasteiger partial charge in [0, 0.05) is 18.8 Å². The summed E-state index contributed by atoms with van der Waals surface area (Å²) in [6.07, 6.45) is 3.62. The predicted octanol–water partition coefficient (Wildman–Crippen LogP) is 2.22. The normalized spacial score (nSPS) is 14.2. The third kappa shape index (κ3) is 2.22. The molecule has 0 bridgehead atoms. The Morgan fingerprint density at radius 2 is 2.25 bits per heavy atom. The molecule has 2 heteroatoms. The summed E-state index contributed by atoms with van der Waals surface area (Å²) in [7, 11) is 2.02. The van der Waals surface area contributed by atoms with Gasteiger partial charge in [-0.1, -0.05) is 19.1 Å². The average molecular weight is 218 g/mol. The molecule has 0 atom stereocenters. The highest BCUT2D eigenvalue weighted by Crippen LogP contribution is 2.30. The van der Waals surface area contributed by atoms with Gasteiger partial charge in [0.25, 0.3) is 0 Å². The average Bonchev–Trinajstić information content (AvgIpc) is 2.71. The molecular formula is C14H22N2. The van der Waals surface area contributed by atoms with Crippen LogP contribution in [0.2, 0.25) is 0 Å². The fraction of sp³-hybridized carbons (Fsp3) is 0.571. The lowest BCUT2D eigenvalue weighted by Gasteiger charge is -2.18.